The van der Waals surface area contributed by atoms with Crippen LogP contribution in [0.4, 0.5) is 4.39 Å². The quantitative estimate of drug-likeness (QED) is 0.873. The summed E-state index contributed by atoms with van der Waals surface area (Å²) in [5.41, 5.74) is 0.864. The first-order valence-corrected chi connectivity index (χ1v) is 8.09. The van der Waals surface area contributed by atoms with E-state index in [1.54, 1.807) is 0 Å². The maximum atomic E-state index is 14.0. The molecule has 0 amide bonds. The Labute approximate surface area is 130 Å². The number of ether oxygens (including phenoxy) is 1. The lowest BCUT2D eigenvalue weighted by Crippen LogP contribution is -2.30. The summed E-state index contributed by atoms with van der Waals surface area (Å²) >= 11 is 0. The Bertz CT molecular complexity index is 590. The monoisotopic (exact) mass is 306 g/mol. The van der Waals surface area contributed by atoms with Gasteiger partial charge in [-0.1, -0.05) is 13.8 Å². The number of carboxylic acids is 1. The Hall–Kier alpha value is -1.58. The predicted molar refractivity (Wildman–Crippen MR) is 82.0 cm³/mol. The average Bonchev–Trinajstić information content (AvgIpc) is 3.21. The summed E-state index contributed by atoms with van der Waals surface area (Å²) in [6, 6.07) is 2.75. The van der Waals surface area contributed by atoms with E-state index >= 15 is 0 Å². The van der Waals surface area contributed by atoms with Gasteiger partial charge < -0.3 is 9.84 Å². The minimum Gasteiger partial charge on any atom is -0.490 e. The van der Waals surface area contributed by atoms with E-state index < -0.39 is 11.8 Å². The molecule has 1 atom stereocenters. The number of hydrogen-bond acceptors (Lipinski definition) is 2. The lowest BCUT2D eigenvalue weighted by atomic mass is 9.76. The predicted octanol–water partition coefficient (Wildman–Crippen LogP) is 4.75. The first kappa shape index (κ1) is 15.3. The van der Waals surface area contributed by atoms with Gasteiger partial charge in [-0.15, -0.1) is 0 Å². The van der Waals surface area contributed by atoms with Gasteiger partial charge in [0, 0.05) is 6.07 Å². The van der Waals surface area contributed by atoms with Crippen LogP contribution in [0, 0.1) is 11.2 Å². The van der Waals surface area contributed by atoms with E-state index in [-0.39, 0.29) is 17.1 Å². The highest BCUT2D eigenvalue weighted by Gasteiger charge is 2.33. The molecular formula is C18H23FO3. The van der Waals surface area contributed by atoms with Crippen molar-refractivity contribution in [3.05, 3.63) is 29.1 Å². The smallest absolute Gasteiger partial charge is 0.338 e. The third-order valence-corrected chi connectivity index (χ3v) is 4.80. The van der Waals surface area contributed by atoms with Crippen LogP contribution in [0.3, 0.4) is 0 Å². The summed E-state index contributed by atoms with van der Waals surface area (Å²) in [6.45, 7) is 4.47. The van der Waals surface area contributed by atoms with Gasteiger partial charge >= 0.3 is 5.97 Å². The fraction of sp³-hybridized carbons (Fsp3) is 0.611. The van der Waals surface area contributed by atoms with Gasteiger partial charge in [-0.25, -0.2) is 9.18 Å². The van der Waals surface area contributed by atoms with Crippen LogP contribution in [0.5, 0.6) is 5.75 Å². The van der Waals surface area contributed by atoms with Crippen molar-refractivity contribution in [1.29, 1.82) is 0 Å². The zero-order valence-electron chi connectivity index (χ0n) is 13.2. The van der Waals surface area contributed by atoms with Crippen molar-refractivity contribution in [1.82, 2.24) is 0 Å². The van der Waals surface area contributed by atoms with Crippen LogP contribution in [0.25, 0.3) is 0 Å². The standard InChI is InChI=1S/C18H23FO3/c1-18(2)7-3-4-12(10-18)22-16-9-15(19)14(17(20)21)8-13(16)11-5-6-11/h8-9,11-12H,3-7,10H2,1-2H3,(H,20,21). The van der Waals surface area contributed by atoms with Crippen LogP contribution in [0.2, 0.25) is 0 Å². The minimum atomic E-state index is -1.22. The highest BCUT2D eigenvalue weighted by Crippen LogP contribution is 2.46. The van der Waals surface area contributed by atoms with Crippen LogP contribution >= 0.6 is 0 Å². The fourth-order valence-corrected chi connectivity index (χ4v) is 3.46. The number of hydrogen-bond donors (Lipinski definition) is 1. The molecule has 0 radical (unpaired) electrons. The molecule has 0 spiro atoms. The third kappa shape index (κ3) is 3.26. The Kier molecular flexibility index (Phi) is 3.87. The number of rotatable bonds is 4. The van der Waals surface area contributed by atoms with Crippen molar-refractivity contribution in [3.8, 4) is 5.75 Å². The Morgan fingerprint density at radius 3 is 2.64 bits per heavy atom. The van der Waals surface area contributed by atoms with E-state index in [9.17, 15) is 9.18 Å². The molecule has 0 saturated heterocycles. The van der Waals surface area contributed by atoms with E-state index in [0.717, 1.165) is 37.7 Å². The summed E-state index contributed by atoms with van der Waals surface area (Å²) in [5, 5.41) is 9.09. The molecule has 4 heteroatoms. The highest BCUT2D eigenvalue weighted by molar-refractivity contribution is 5.88. The van der Waals surface area contributed by atoms with Crippen LogP contribution < -0.4 is 4.74 Å². The maximum Gasteiger partial charge on any atom is 0.338 e. The zero-order valence-corrected chi connectivity index (χ0v) is 13.2. The SMILES string of the molecule is CC1(C)CCCC(Oc2cc(F)c(C(=O)O)cc2C2CC2)C1. The van der Waals surface area contributed by atoms with Gasteiger partial charge in [0.05, 0.1) is 11.7 Å². The van der Waals surface area contributed by atoms with Gasteiger partial charge in [0.25, 0.3) is 0 Å². The first-order valence-electron chi connectivity index (χ1n) is 8.09. The molecule has 0 heterocycles. The molecule has 2 aliphatic rings. The molecule has 2 fully saturated rings. The molecule has 0 bridgehead atoms. The summed E-state index contributed by atoms with van der Waals surface area (Å²) in [5.74, 6) is -1.05. The van der Waals surface area contributed by atoms with Crippen molar-refractivity contribution >= 4 is 5.97 Å². The molecule has 1 unspecified atom stereocenters. The van der Waals surface area contributed by atoms with Crippen molar-refractivity contribution in [2.75, 3.05) is 0 Å². The van der Waals surface area contributed by atoms with E-state index in [1.807, 2.05) is 0 Å². The number of carboxylic acid groups (broad SMARTS) is 1. The Morgan fingerprint density at radius 2 is 2.05 bits per heavy atom. The lowest BCUT2D eigenvalue weighted by molar-refractivity contribution is 0.0691. The molecule has 1 aromatic carbocycles. The Morgan fingerprint density at radius 1 is 1.32 bits per heavy atom. The zero-order chi connectivity index (χ0) is 15.9. The number of aromatic carboxylic acids is 1. The van der Waals surface area contributed by atoms with Gasteiger partial charge in [-0.2, -0.15) is 0 Å². The summed E-state index contributed by atoms with van der Waals surface area (Å²) in [7, 11) is 0. The van der Waals surface area contributed by atoms with Crippen LogP contribution in [0.15, 0.2) is 12.1 Å². The van der Waals surface area contributed by atoms with Gasteiger partial charge in [0.15, 0.2) is 0 Å². The molecule has 0 aliphatic heterocycles. The number of benzene rings is 1. The number of halogens is 1. The largest absolute Gasteiger partial charge is 0.490 e. The van der Waals surface area contributed by atoms with Gasteiger partial charge in [0.2, 0.25) is 0 Å². The second kappa shape index (κ2) is 5.56. The van der Waals surface area contributed by atoms with Crippen LogP contribution in [-0.2, 0) is 0 Å². The molecule has 2 saturated carbocycles. The molecule has 2 aliphatic carbocycles. The van der Waals surface area contributed by atoms with Crippen molar-refractivity contribution in [2.45, 2.75) is 64.4 Å². The van der Waals surface area contributed by atoms with E-state index in [2.05, 4.69) is 13.8 Å². The molecule has 22 heavy (non-hydrogen) atoms. The molecule has 1 aromatic rings. The summed E-state index contributed by atoms with van der Waals surface area (Å²) in [6.07, 6.45) is 6.39. The fourth-order valence-electron chi connectivity index (χ4n) is 3.46. The molecule has 3 nitrogen and oxygen atoms in total. The second-order valence-corrected chi connectivity index (χ2v) is 7.45. The second-order valence-electron chi connectivity index (χ2n) is 7.45. The molecule has 120 valence electrons. The summed E-state index contributed by atoms with van der Waals surface area (Å²) in [4.78, 5) is 11.1. The van der Waals surface area contributed by atoms with E-state index in [4.69, 9.17) is 9.84 Å². The van der Waals surface area contributed by atoms with Crippen LogP contribution in [-0.4, -0.2) is 17.2 Å². The first-order chi connectivity index (χ1) is 10.4. The van der Waals surface area contributed by atoms with Gasteiger partial charge in [-0.3, -0.25) is 0 Å². The van der Waals surface area contributed by atoms with Gasteiger partial charge in [-0.05, 0) is 61.5 Å². The highest BCUT2D eigenvalue weighted by atomic mass is 19.1. The van der Waals surface area contributed by atoms with Gasteiger partial charge in [0.1, 0.15) is 11.6 Å². The van der Waals surface area contributed by atoms with E-state index in [0.29, 0.717) is 11.7 Å². The van der Waals surface area contributed by atoms with E-state index in [1.165, 1.54) is 18.6 Å². The normalized spacial score (nSPS) is 24.0. The lowest BCUT2D eigenvalue weighted by Gasteiger charge is -2.35. The Balaban J connectivity index is 1.86. The van der Waals surface area contributed by atoms with Crippen molar-refractivity contribution < 1.29 is 19.0 Å². The average molecular weight is 306 g/mol. The number of carbonyl (C=O) groups is 1. The minimum absolute atomic E-state index is 0.0938. The van der Waals surface area contributed by atoms with Crippen molar-refractivity contribution in [2.24, 2.45) is 5.41 Å². The van der Waals surface area contributed by atoms with Crippen LogP contribution in [0.1, 0.15) is 74.2 Å². The molecular weight excluding hydrogens is 283 g/mol. The molecule has 3 rings (SSSR count). The maximum absolute atomic E-state index is 14.0. The third-order valence-electron chi connectivity index (χ3n) is 4.80. The summed E-state index contributed by atoms with van der Waals surface area (Å²) < 4.78 is 20.1. The molecule has 0 aromatic heterocycles. The topological polar surface area (TPSA) is 46.5 Å². The van der Waals surface area contributed by atoms with Crippen molar-refractivity contribution in [3.63, 3.8) is 0 Å². The molecule has 1 N–H and O–H groups in total.